The molecule has 6 rings (SSSR count). The SMILES string of the molecule is CC(C)(C)c1cccc2c1CN(C1CCC(=O)NC1=O)C2=O.CCc1cccc2c1C(=O)N(C1CCC(=O)NC1=O)C2=O. The number of aryl methyl sites for hydroxylation is 1. The number of piperidine rings is 2. The van der Waals surface area contributed by atoms with Crippen molar-refractivity contribution in [3.05, 3.63) is 69.8 Å². The normalized spacial score (nSPS) is 21.7. The summed E-state index contributed by atoms with van der Waals surface area (Å²) in [5.74, 6) is -2.60. The zero-order valence-corrected chi connectivity index (χ0v) is 24.6. The van der Waals surface area contributed by atoms with Gasteiger partial charge in [0.15, 0.2) is 0 Å². The molecule has 2 aromatic rings. The molecule has 0 aliphatic carbocycles. The summed E-state index contributed by atoms with van der Waals surface area (Å²) >= 11 is 0. The Bertz CT molecular complexity index is 1590. The van der Waals surface area contributed by atoms with E-state index in [0.29, 0.717) is 36.1 Å². The van der Waals surface area contributed by atoms with Gasteiger partial charge in [0.2, 0.25) is 23.6 Å². The van der Waals surface area contributed by atoms with E-state index < -0.39 is 29.8 Å². The van der Waals surface area contributed by atoms with Crippen molar-refractivity contribution in [3.8, 4) is 0 Å². The first-order chi connectivity index (χ1) is 20.3. The molecule has 43 heavy (non-hydrogen) atoms. The van der Waals surface area contributed by atoms with Crippen LogP contribution in [0.2, 0.25) is 0 Å². The molecule has 2 N–H and O–H groups in total. The summed E-state index contributed by atoms with van der Waals surface area (Å²) in [7, 11) is 0. The van der Waals surface area contributed by atoms with E-state index in [-0.39, 0.29) is 48.3 Å². The maximum Gasteiger partial charge on any atom is 0.262 e. The second-order valence-electron chi connectivity index (χ2n) is 12.1. The fourth-order valence-electron chi connectivity index (χ4n) is 6.17. The molecule has 4 aliphatic rings. The lowest BCUT2D eigenvalue weighted by molar-refractivity contribution is -0.138. The van der Waals surface area contributed by atoms with Gasteiger partial charge < -0.3 is 4.90 Å². The van der Waals surface area contributed by atoms with Crippen molar-refractivity contribution in [1.82, 2.24) is 20.4 Å². The highest BCUT2D eigenvalue weighted by atomic mass is 16.2. The molecule has 11 heteroatoms. The topological polar surface area (TPSA) is 150 Å². The number of rotatable bonds is 3. The lowest BCUT2D eigenvalue weighted by Crippen LogP contribution is -2.54. The summed E-state index contributed by atoms with van der Waals surface area (Å²) < 4.78 is 0. The molecule has 2 aromatic carbocycles. The molecule has 0 aromatic heterocycles. The zero-order valence-electron chi connectivity index (χ0n) is 24.6. The van der Waals surface area contributed by atoms with Crippen molar-refractivity contribution in [3.63, 3.8) is 0 Å². The predicted octanol–water partition coefficient (Wildman–Crippen LogP) is 2.40. The lowest BCUT2D eigenvalue weighted by Gasteiger charge is -2.29. The van der Waals surface area contributed by atoms with E-state index in [1.165, 1.54) is 0 Å². The van der Waals surface area contributed by atoms with Gasteiger partial charge in [-0.15, -0.1) is 0 Å². The van der Waals surface area contributed by atoms with Crippen molar-refractivity contribution >= 4 is 41.4 Å². The lowest BCUT2D eigenvalue weighted by atomic mass is 9.83. The number of benzene rings is 2. The minimum atomic E-state index is -0.903. The molecule has 2 atom stereocenters. The van der Waals surface area contributed by atoms with Crippen LogP contribution in [0.15, 0.2) is 36.4 Å². The van der Waals surface area contributed by atoms with Gasteiger partial charge in [0.05, 0.1) is 11.1 Å². The summed E-state index contributed by atoms with van der Waals surface area (Å²) in [5, 5.41) is 4.51. The first-order valence-electron chi connectivity index (χ1n) is 14.4. The van der Waals surface area contributed by atoms with E-state index in [1.807, 2.05) is 25.1 Å². The molecule has 0 saturated carbocycles. The monoisotopic (exact) mass is 586 g/mol. The van der Waals surface area contributed by atoms with E-state index in [9.17, 15) is 33.6 Å². The van der Waals surface area contributed by atoms with E-state index in [1.54, 1.807) is 23.1 Å². The number of nitrogens with one attached hydrogen (secondary N) is 2. The molecule has 2 unspecified atom stereocenters. The minimum Gasteiger partial charge on any atom is -0.322 e. The second kappa shape index (κ2) is 11.2. The summed E-state index contributed by atoms with van der Waals surface area (Å²) in [5.41, 5.74) is 4.27. The van der Waals surface area contributed by atoms with Crippen molar-refractivity contribution in [2.75, 3.05) is 0 Å². The molecular formula is C32H34N4O7. The number of nitrogens with zero attached hydrogens (tertiary/aromatic N) is 2. The number of carbonyl (C=O) groups excluding carboxylic acids is 7. The smallest absolute Gasteiger partial charge is 0.262 e. The third kappa shape index (κ3) is 5.35. The summed E-state index contributed by atoms with van der Waals surface area (Å²) in [6, 6.07) is 9.43. The third-order valence-corrected chi connectivity index (χ3v) is 8.33. The van der Waals surface area contributed by atoms with Crippen LogP contribution in [0.1, 0.15) is 101 Å². The van der Waals surface area contributed by atoms with Crippen LogP contribution < -0.4 is 10.6 Å². The van der Waals surface area contributed by atoms with Crippen LogP contribution in [0, 0.1) is 0 Å². The first kappa shape index (κ1) is 29.8. The number of carbonyl (C=O) groups is 7. The van der Waals surface area contributed by atoms with Gasteiger partial charge in [-0.25, -0.2) is 0 Å². The Morgan fingerprint density at radius 1 is 0.744 bits per heavy atom. The van der Waals surface area contributed by atoms with E-state index in [4.69, 9.17) is 0 Å². The van der Waals surface area contributed by atoms with E-state index in [0.717, 1.165) is 21.6 Å². The van der Waals surface area contributed by atoms with Crippen LogP contribution in [0.5, 0.6) is 0 Å². The second-order valence-corrected chi connectivity index (χ2v) is 12.1. The Hall–Kier alpha value is -4.67. The van der Waals surface area contributed by atoms with Crippen LogP contribution in [0.3, 0.4) is 0 Å². The molecule has 0 bridgehead atoms. The zero-order chi connectivity index (χ0) is 31.2. The molecular weight excluding hydrogens is 552 g/mol. The van der Waals surface area contributed by atoms with Gasteiger partial charge in [0, 0.05) is 24.9 Å². The summed E-state index contributed by atoms with van der Waals surface area (Å²) in [6.45, 7) is 8.68. The number of hydrogen-bond donors (Lipinski definition) is 2. The fraction of sp³-hybridized carbons (Fsp3) is 0.406. The van der Waals surface area contributed by atoms with Gasteiger partial charge >= 0.3 is 0 Å². The van der Waals surface area contributed by atoms with Gasteiger partial charge in [0.25, 0.3) is 17.7 Å². The molecule has 0 radical (unpaired) electrons. The Labute approximate surface area is 249 Å². The average Bonchev–Trinajstić information content (AvgIpc) is 3.42. The van der Waals surface area contributed by atoms with Gasteiger partial charge in [-0.05, 0) is 53.5 Å². The van der Waals surface area contributed by atoms with Crippen LogP contribution in [0.4, 0.5) is 0 Å². The molecule has 4 heterocycles. The molecule has 4 aliphatic heterocycles. The molecule has 2 fully saturated rings. The van der Waals surface area contributed by atoms with E-state index in [2.05, 4.69) is 31.4 Å². The summed E-state index contributed by atoms with van der Waals surface area (Å²) in [6.07, 6.45) is 1.62. The average molecular weight is 587 g/mol. The largest absolute Gasteiger partial charge is 0.322 e. The third-order valence-electron chi connectivity index (χ3n) is 8.33. The molecule has 224 valence electrons. The fourth-order valence-corrected chi connectivity index (χ4v) is 6.17. The number of imide groups is 3. The standard InChI is InChI=1S/C17H20N2O3.C15H14N2O4/c1-17(2,3)12-6-4-5-10-11(12)9-19(16(10)22)13-7-8-14(20)18-15(13)21;1-2-8-4-3-5-9-12(8)15(21)17(14(9)20)10-6-7-11(18)16-13(10)19/h4-6,13H,7-9H2,1-3H3,(H,18,20,21);3-5,10H,2,6-7H2,1H3,(H,16,18,19). The number of amides is 7. The van der Waals surface area contributed by atoms with Crippen molar-refractivity contribution < 1.29 is 33.6 Å². The number of fused-ring (bicyclic) bond motifs is 2. The predicted molar refractivity (Wildman–Crippen MR) is 154 cm³/mol. The van der Waals surface area contributed by atoms with Crippen molar-refractivity contribution in [1.29, 1.82) is 0 Å². The Morgan fingerprint density at radius 3 is 1.91 bits per heavy atom. The highest BCUT2D eigenvalue weighted by Crippen LogP contribution is 2.35. The van der Waals surface area contributed by atoms with Crippen LogP contribution in [-0.2, 0) is 37.6 Å². The molecule has 11 nitrogen and oxygen atoms in total. The Kier molecular flexibility index (Phi) is 7.76. The summed E-state index contributed by atoms with van der Waals surface area (Å²) in [4.78, 5) is 86.7. The van der Waals surface area contributed by atoms with Crippen LogP contribution in [-0.4, -0.2) is 63.2 Å². The maximum atomic E-state index is 12.7. The van der Waals surface area contributed by atoms with Crippen LogP contribution >= 0.6 is 0 Å². The van der Waals surface area contributed by atoms with Crippen molar-refractivity contribution in [2.45, 2.75) is 83.8 Å². The van der Waals surface area contributed by atoms with Gasteiger partial charge in [-0.2, -0.15) is 0 Å². The molecule has 7 amide bonds. The van der Waals surface area contributed by atoms with Crippen LogP contribution in [0.25, 0.3) is 0 Å². The highest BCUT2D eigenvalue weighted by Gasteiger charge is 2.45. The maximum absolute atomic E-state index is 12.7. The highest BCUT2D eigenvalue weighted by molar-refractivity contribution is 6.24. The van der Waals surface area contributed by atoms with Crippen molar-refractivity contribution in [2.24, 2.45) is 0 Å². The number of hydrogen-bond acceptors (Lipinski definition) is 7. The molecule has 2 saturated heterocycles. The molecule has 0 spiro atoms. The van der Waals surface area contributed by atoms with Gasteiger partial charge in [-0.1, -0.05) is 52.0 Å². The van der Waals surface area contributed by atoms with Gasteiger partial charge in [0.1, 0.15) is 12.1 Å². The minimum absolute atomic E-state index is 0.0631. The van der Waals surface area contributed by atoms with Gasteiger partial charge in [-0.3, -0.25) is 49.1 Å². The van der Waals surface area contributed by atoms with E-state index >= 15 is 0 Å². The Morgan fingerprint density at radius 2 is 1.33 bits per heavy atom. The first-order valence-corrected chi connectivity index (χ1v) is 14.4. The quantitative estimate of drug-likeness (QED) is 0.525. The Balaban J connectivity index is 0.000000171.